The van der Waals surface area contributed by atoms with Crippen LogP contribution in [0.3, 0.4) is 0 Å². The van der Waals surface area contributed by atoms with E-state index < -0.39 is 0 Å². The molecule has 62 valence electrons. The van der Waals surface area contributed by atoms with Crippen molar-refractivity contribution >= 4 is 0 Å². The van der Waals surface area contributed by atoms with Crippen molar-refractivity contribution in [2.75, 3.05) is 32.9 Å². The Morgan fingerprint density at radius 2 is 2.18 bits per heavy atom. The molecule has 1 aliphatic heterocycles. The lowest BCUT2D eigenvalue weighted by Gasteiger charge is -2.25. The van der Waals surface area contributed by atoms with E-state index in [9.17, 15) is 0 Å². The molecule has 4 heteroatoms. The predicted octanol–water partition coefficient (Wildman–Crippen LogP) is 0.164. The summed E-state index contributed by atoms with van der Waals surface area (Å²) >= 11 is 0. The van der Waals surface area contributed by atoms with Crippen molar-refractivity contribution in [2.24, 2.45) is 0 Å². The third-order valence-electron chi connectivity index (χ3n) is 1.46. The van der Waals surface area contributed by atoms with Crippen LogP contribution in [0.15, 0.2) is 0 Å². The minimum atomic E-state index is 0.456. The van der Waals surface area contributed by atoms with E-state index in [1.54, 1.807) is 0 Å². The summed E-state index contributed by atoms with van der Waals surface area (Å²) in [5, 5.41) is 10.1. The molecule has 0 spiro atoms. The zero-order valence-corrected chi connectivity index (χ0v) is 6.45. The number of rotatable bonds is 3. The van der Waals surface area contributed by atoms with Crippen LogP contribution < -0.4 is 0 Å². The van der Waals surface area contributed by atoms with Gasteiger partial charge in [-0.15, -0.1) is 0 Å². The Labute approximate surface area is 66.3 Å². The molecular formula is C7H12N2O2. The molecule has 1 rings (SSSR count). The maximum Gasteiger partial charge on any atom is 0.0815 e. The molecule has 0 aliphatic carbocycles. The maximum absolute atomic E-state index is 8.22. The fourth-order valence-corrected chi connectivity index (χ4v) is 0.896. The fourth-order valence-electron chi connectivity index (χ4n) is 0.896. The van der Waals surface area contributed by atoms with E-state index >= 15 is 0 Å². The van der Waals surface area contributed by atoms with Crippen molar-refractivity contribution in [3.63, 3.8) is 0 Å². The van der Waals surface area contributed by atoms with E-state index in [-0.39, 0.29) is 0 Å². The molecule has 0 bridgehead atoms. The van der Waals surface area contributed by atoms with Crippen molar-refractivity contribution in [1.29, 1.82) is 5.26 Å². The molecule has 1 heterocycles. The Morgan fingerprint density at radius 3 is 2.82 bits per heavy atom. The highest BCUT2D eigenvalue weighted by Crippen LogP contribution is 1.97. The lowest BCUT2D eigenvalue weighted by atomic mass is 10.5. The Morgan fingerprint density at radius 1 is 1.45 bits per heavy atom. The average molecular weight is 156 g/mol. The second-order valence-electron chi connectivity index (χ2n) is 2.28. The molecule has 0 aromatic rings. The predicted molar refractivity (Wildman–Crippen MR) is 38.6 cm³/mol. The van der Waals surface area contributed by atoms with Gasteiger partial charge in [0.25, 0.3) is 0 Å². The van der Waals surface area contributed by atoms with Crippen LogP contribution in [0.25, 0.3) is 0 Å². The second-order valence-corrected chi connectivity index (χ2v) is 2.28. The van der Waals surface area contributed by atoms with Crippen LogP contribution >= 0.6 is 0 Å². The van der Waals surface area contributed by atoms with Gasteiger partial charge in [0, 0.05) is 13.1 Å². The van der Waals surface area contributed by atoms with E-state index in [2.05, 4.69) is 0 Å². The Bertz CT molecular complexity index is 138. The highest BCUT2D eigenvalue weighted by Gasteiger charge is 2.09. The van der Waals surface area contributed by atoms with Crippen LogP contribution in [0.5, 0.6) is 0 Å². The summed E-state index contributed by atoms with van der Waals surface area (Å²) in [5.74, 6) is 0. The Kier molecular flexibility index (Phi) is 3.91. The lowest BCUT2D eigenvalue weighted by molar-refractivity contribution is -0.192. The van der Waals surface area contributed by atoms with Crippen LogP contribution in [0.4, 0.5) is 0 Å². The first-order chi connectivity index (χ1) is 5.43. The smallest absolute Gasteiger partial charge is 0.0815 e. The van der Waals surface area contributed by atoms with Gasteiger partial charge in [0.05, 0.1) is 32.3 Å². The van der Waals surface area contributed by atoms with Gasteiger partial charge in [-0.3, -0.25) is 4.84 Å². The van der Waals surface area contributed by atoms with Gasteiger partial charge in [0.1, 0.15) is 0 Å². The molecular weight excluding hydrogens is 144 g/mol. The Hall–Kier alpha value is -0.630. The number of morpholine rings is 1. The average Bonchev–Trinajstić information content (AvgIpc) is 2.07. The molecule has 0 radical (unpaired) electrons. The van der Waals surface area contributed by atoms with Crippen molar-refractivity contribution < 1.29 is 9.57 Å². The first-order valence-corrected chi connectivity index (χ1v) is 3.76. The Balaban J connectivity index is 2.01. The van der Waals surface area contributed by atoms with Gasteiger partial charge in [0.2, 0.25) is 0 Å². The quantitative estimate of drug-likeness (QED) is 0.546. The summed E-state index contributed by atoms with van der Waals surface area (Å²) < 4.78 is 5.12. The van der Waals surface area contributed by atoms with Gasteiger partial charge < -0.3 is 4.74 Å². The molecule has 4 nitrogen and oxygen atoms in total. The number of nitrogens with zero attached hydrogens (tertiary/aromatic N) is 2. The van der Waals surface area contributed by atoms with Gasteiger partial charge >= 0.3 is 0 Å². The standard InChI is InChI=1S/C7H12N2O2/c8-2-1-5-11-9-3-6-10-7-4-9/h1,3-7H2. The third-order valence-corrected chi connectivity index (χ3v) is 1.46. The summed E-state index contributed by atoms with van der Waals surface area (Å²) in [7, 11) is 0. The number of hydroxylamine groups is 2. The van der Waals surface area contributed by atoms with Crippen molar-refractivity contribution in [1.82, 2.24) is 5.06 Å². The molecule has 0 saturated carbocycles. The van der Waals surface area contributed by atoms with E-state index in [0.29, 0.717) is 13.0 Å². The number of nitriles is 1. The SMILES string of the molecule is N#CCCON1CCOCC1. The van der Waals surface area contributed by atoms with Crippen LogP contribution in [0.1, 0.15) is 6.42 Å². The van der Waals surface area contributed by atoms with Crippen LogP contribution in [-0.4, -0.2) is 38.0 Å². The highest BCUT2D eigenvalue weighted by molar-refractivity contribution is 4.67. The molecule has 0 N–H and O–H groups in total. The molecule has 0 amide bonds. The van der Waals surface area contributed by atoms with E-state index in [0.717, 1.165) is 26.3 Å². The van der Waals surface area contributed by atoms with Gasteiger partial charge in [-0.25, -0.2) is 0 Å². The number of ether oxygens (including phenoxy) is 1. The molecule has 1 fully saturated rings. The fraction of sp³-hybridized carbons (Fsp3) is 0.857. The first-order valence-electron chi connectivity index (χ1n) is 3.76. The normalized spacial score (nSPS) is 19.5. The summed E-state index contributed by atoms with van der Waals surface area (Å²) in [4.78, 5) is 5.25. The molecule has 1 saturated heterocycles. The number of hydrogen-bond donors (Lipinski definition) is 0. The molecule has 0 unspecified atom stereocenters. The van der Waals surface area contributed by atoms with Gasteiger partial charge in [0.15, 0.2) is 0 Å². The van der Waals surface area contributed by atoms with Crippen molar-refractivity contribution in [3.8, 4) is 6.07 Å². The summed E-state index contributed by atoms with van der Waals surface area (Å²) in [6, 6.07) is 2.02. The molecule has 0 aromatic carbocycles. The maximum atomic E-state index is 8.22. The van der Waals surface area contributed by atoms with Crippen LogP contribution in [-0.2, 0) is 9.57 Å². The minimum Gasteiger partial charge on any atom is -0.379 e. The van der Waals surface area contributed by atoms with Crippen molar-refractivity contribution in [3.05, 3.63) is 0 Å². The summed E-state index contributed by atoms with van der Waals surface area (Å²) in [5.41, 5.74) is 0. The molecule has 1 aliphatic rings. The van der Waals surface area contributed by atoms with Gasteiger partial charge in [-0.2, -0.15) is 10.3 Å². The van der Waals surface area contributed by atoms with Gasteiger partial charge in [-0.1, -0.05) is 0 Å². The molecule has 0 atom stereocenters. The monoisotopic (exact) mass is 156 g/mol. The molecule has 0 aromatic heterocycles. The van der Waals surface area contributed by atoms with Crippen LogP contribution in [0, 0.1) is 11.3 Å². The second kappa shape index (κ2) is 5.08. The first kappa shape index (κ1) is 8.47. The third kappa shape index (κ3) is 3.33. The van der Waals surface area contributed by atoms with E-state index in [4.69, 9.17) is 14.8 Å². The van der Waals surface area contributed by atoms with Crippen LogP contribution in [0.2, 0.25) is 0 Å². The summed E-state index contributed by atoms with van der Waals surface area (Å²) in [6.45, 7) is 3.58. The minimum absolute atomic E-state index is 0.456. The lowest BCUT2D eigenvalue weighted by Crippen LogP contribution is -2.36. The largest absolute Gasteiger partial charge is 0.379 e. The molecule has 11 heavy (non-hydrogen) atoms. The van der Waals surface area contributed by atoms with Crippen molar-refractivity contribution in [2.45, 2.75) is 6.42 Å². The summed E-state index contributed by atoms with van der Waals surface area (Å²) in [6.07, 6.45) is 0.456. The van der Waals surface area contributed by atoms with Gasteiger partial charge in [-0.05, 0) is 0 Å². The zero-order chi connectivity index (χ0) is 7.94. The van der Waals surface area contributed by atoms with E-state index in [1.165, 1.54) is 0 Å². The topological polar surface area (TPSA) is 45.5 Å². The van der Waals surface area contributed by atoms with E-state index in [1.807, 2.05) is 11.1 Å². The zero-order valence-electron chi connectivity index (χ0n) is 6.45. The number of hydrogen-bond acceptors (Lipinski definition) is 4. The highest BCUT2D eigenvalue weighted by atomic mass is 16.7.